The standard InChI is InChI=1S/C16H14BrN5O/c1-23-13-7-6-9(17)8-10(13)14-20-15(18)21-16-19-11-4-2-3-5-12(11)22(14)16/h2-8,14H,1H3,(H3,18,19,20,21)/t14-/m1/s1. The van der Waals surface area contributed by atoms with E-state index in [9.17, 15) is 0 Å². The van der Waals surface area contributed by atoms with Gasteiger partial charge in [-0.05, 0) is 30.3 Å². The second-order valence-electron chi connectivity index (χ2n) is 5.19. The molecule has 0 spiro atoms. The van der Waals surface area contributed by atoms with Gasteiger partial charge < -0.3 is 10.5 Å². The van der Waals surface area contributed by atoms with Gasteiger partial charge >= 0.3 is 0 Å². The molecule has 7 heteroatoms. The van der Waals surface area contributed by atoms with Gasteiger partial charge in [0.2, 0.25) is 5.95 Å². The van der Waals surface area contributed by atoms with E-state index >= 15 is 0 Å². The van der Waals surface area contributed by atoms with Crippen LogP contribution in [0.3, 0.4) is 0 Å². The molecule has 116 valence electrons. The molecule has 0 saturated carbocycles. The summed E-state index contributed by atoms with van der Waals surface area (Å²) in [7, 11) is 1.65. The number of nitrogens with one attached hydrogen (secondary N) is 1. The molecule has 3 N–H and O–H groups in total. The maximum atomic E-state index is 5.96. The lowest BCUT2D eigenvalue weighted by molar-refractivity contribution is 0.402. The molecule has 0 amide bonds. The number of halogens is 1. The lowest BCUT2D eigenvalue weighted by atomic mass is 10.1. The highest BCUT2D eigenvalue weighted by Crippen LogP contribution is 2.37. The van der Waals surface area contributed by atoms with Crippen LogP contribution < -0.4 is 15.8 Å². The molecule has 1 aromatic heterocycles. The second kappa shape index (κ2) is 5.27. The molecule has 6 nitrogen and oxygen atoms in total. The van der Waals surface area contributed by atoms with Crippen molar-refractivity contribution in [3.05, 3.63) is 52.5 Å². The minimum absolute atomic E-state index is 0.333. The topological polar surface area (TPSA) is 77.5 Å². The summed E-state index contributed by atoms with van der Waals surface area (Å²) in [5.41, 5.74) is 8.75. The summed E-state index contributed by atoms with van der Waals surface area (Å²) in [4.78, 5) is 9.17. The van der Waals surface area contributed by atoms with Gasteiger partial charge in [-0.3, -0.25) is 9.88 Å². The normalized spacial score (nSPS) is 16.6. The third-order valence-electron chi connectivity index (χ3n) is 3.81. The van der Waals surface area contributed by atoms with E-state index < -0.39 is 0 Å². The van der Waals surface area contributed by atoms with Crippen LogP contribution in [0.25, 0.3) is 11.0 Å². The summed E-state index contributed by atoms with van der Waals surface area (Å²) in [6.45, 7) is 0. The van der Waals surface area contributed by atoms with Gasteiger partial charge in [-0.15, -0.1) is 0 Å². The number of benzene rings is 2. The first-order valence-electron chi connectivity index (χ1n) is 7.08. The SMILES string of the molecule is COc1ccc(Br)cc1[C@@H]1N=C(N)Nc2nc3ccccc3n21. The highest BCUT2D eigenvalue weighted by atomic mass is 79.9. The zero-order chi connectivity index (χ0) is 16.0. The zero-order valence-electron chi connectivity index (χ0n) is 12.3. The largest absolute Gasteiger partial charge is 0.496 e. The molecule has 0 saturated heterocycles. The smallest absolute Gasteiger partial charge is 0.212 e. The Hall–Kier alpha value is -2.54. The Labute approximate surface area is 141 Å². The van der Waals surface area contributed by atoms with Crippen LogP contribution in [0.15, 0.2) is 51.9 Å². The minimum atomic E-state index is -0.342. The van der Waals surface area contributed by atoms with Crippen molar-refractivity contribution >= 4 is 38.9 Å². The van der Waals surface area contributed by atoms with Gasteiger partial charge in [0.25, 0.3) is 0 Å². The van der Waals surface area contributed by atoms with E-state index in [1.165, 1.54) is 0 Å². The van der Waals surface area contributed by atoms with Gasteiger partial charge in [0, 0.05) is 10.0 Å². The average molecular weight is 372 g/mol. The fourth-order valence-electron chi connectivity index (χ4n) is 2.83. The molecule has 0 fully saturated rings. The van der Waals surface area contributed by atoms with Crippen LogP contribution in [0, 0.1) is 0 Å². The van der Waals surface area contributed by atoms with Crippen molar-refractivity contribution in [3.8, 4) is 5.75 Å². The Morgan fingerprint density at radius 3 is 2.91 bits per heavy atom. The number of para-hydroxylation sites is 2. The number of aliphatic imine (C=N–C) groups is 1. The number of anilines is 1. The van der Waals surface area contributed by atoms with E-state index in [0.717, 1.165) is 26.8 Å². The molecule has 0 aliphatic carbocycles. The number of nitrogens with two attached hydrogens (primary N) is 1. The molecular weight excluding hydrogens is 358 g/mol. The van der Waals surface area contributed by atoms with Crippen molar-refractivity contribution in [2.24, 2.45) is 10.7 Å². The van der Waals surface area contributed by atoms with E-state index in [4.69, 9.17) is 10.5 Å². The van der Waals surface area contributed by atoms with E-state index in [-0.39, 0.29) is 6.17 Å². The number of ether oxygens (including phenoxy) is 1. The van der Waals surface area contributed by atoms with Crippen LogP contribution in [0.5, 0.6) is 5.75 Å². The summed E-state index contributed by atoms with van der Waals surface area (Å²) in [6, 6.07) is 13.8. The summed E-state index contributed by atoms with van der Waals surface area (Å²) in [5.74, 6) is 1.76. The zero-order valence-corrected chi connectivity index (χ0v) is 13.9. The molecule has 4 rings (SSSR count). The summed E-state index contributed by atoms with van der Waals surface area (Å²) < 4.78 is 8.48. The van der Waals surface area contributed by atoms with Crippen LogP contribution >= 0.6 is 15.9 Å². The third-order valence-corrected chi connectivity index (χ3v) is 4.30. The van der Waals surface area contributed by atoms with Crippen LogP contribution in [0.2, 0.25) is 0 Å². The maximum Gasteiger partial charge on any atom is 0.212 e. The minimum Gasteiger partial charge on any atom is -0.496 e. The van der Waals surface area contributed by atoms with E-state index in [2.05, 4.69) is 31.2 Å². The fraction of sp³-hybridized carbons (Fsp3) is 0.125. The number of nitrogens with zero attached hydrogens (tertiary/aromatic N) is 3. The Morgan fingerprint density at radius 2 is 2.09 bits per heavy atom. The van der Waals surface area contributed by atoms with Crippen LogP contribution in [0.4, 0.5) is 5.95 Å². The van der Waals surface area contributed by atoms with Crippen molar-refractivity contribution < 1.29 is 4.74 Å². The highest BCUT2D eigenvalue weighted by Gasteiger charge is 2.27. The van der Waals surface area contributed by atoms with E-state index in [0.29, 0.717) is 11.9 Å². The Kier molecular flexibility index (Phi) is 3.23. The number of hydrogen-bond acceptors (Lipinski definition) is 5. The number of imidazole rings is 1. The predicted molar refractivity (Wildman–Crippen MR) is 93.8 cm³/mol. The number of methoxy groups -OCH3 is 1. The molecule has 1 aliphatic heterocycles. The first-order valence-corrected chi connectivity index (χ1v) is 7.87. The van der Waals surface area contributed by atoms with Crippen molar-refractivity contribution in [3.63, 3.8) is 0 Å². The quantitative estimate of drug-likeness (QED) is 0.725. The van der Waals surface area contributed by atoms with Gasteiger partial charge in [0.15, 0.2) is 12.1 Å². The molecule has 1 aliphatic rings. The van der Waals surface area contributed by atoms with Crippen LogP contribution in [-0.2, 0) is 0 Å². The van der Waals surface area contributed by atoms with Crippen molar-refractivity contribution in [1.29, 1.82) is 0 Å². The summed E-state index contributed by atoms with van der Waals surface area (Å²) in [5, 5.41) is 3.03. The number of hydrogen-bond donors (Lipinski definition) is 2. The molecular formula is C16H14BrN5O. The lowest BCUT2D eigenvalue weighted by Crippen LogP contribution is -2.31. The average Bonchev–Trinajstić information content (AvgIpc) is 2.92. The Bertz CT molecular complexity index is 933. The monoisotopic (exact) mass is 371 g/mol. The van der Waals surface area contributed by atoms with Gasteiger partial charge in [-0.1, -0.05) is 28.1 Å². The first kappa shape index (κ1) is 14.1. The molecule has 1 atom stereocenters. The van der Waals surface area contributed by atoms with E-state index in [1.54, 1.807) is 7.11 Å². The Balaban J connectivity index is 1.99. The number of aromatic nitrogens is 2. The number of fused-ring (bicyclic) bond motifs is 3. The molecule has 3 aromatic rings. The summed E-state index contributed by atoms with van der Waals surface area (Å²) >= 11 is 3.51. The van der Waals surface area contributed by atoms with Crippen LogP contribution in [0.1, 0.15) is 11.7 Å². The van der Waals surface area contributed by atoms with Gasteiger partial charge in [0.1, 0.15) is 5.75 Å². The molecule has 2 aromatic carbocycles. The molecule has 0 radical (unpaired) electrons. The fourth-order valence-corrected chi connectivity index (χ4v) is 3.21. The van der Waals surface area contributed by atoms with E-state index in [1.807, 2.05) is 47.0 Å². The van der Waals surface area contributed by atoms with Crippen molar-refractivity contribution in [2.75, 3.05) is 12.4 Å². The number of rotatable bonds is 2. The lowest BCUT2D eigenvalue weighted by Gasteiger charge is -2.25. The van der Waals surface area contributed by atoms with Crippen molar-refractivity contribution in [2.45, 2.75) is 6.17 Å². The first-order chi connectivity index (χ1) is 11.2. The van der Waals surface area contributed by atoms with Crippen molar-refractivity contribution in [1.82, 2.24) is 9.55 Å². The third kappa shape index (κ3) is 2.24. The Morgan fingerprint density at radius 1 is 1.26 bits per heavy atom. The maximum absolute atomic E-state index is 5.96. The molecule has 0 bridgehead atoms. The predicted octanol–water partition coefficient (Wildman–Crippen LogP) is 3.09. The summed E-state index contributed by atoms with van der Waals surface area (Å²) in [6.07, 6.45) is -0.342. The van der Waals surface area contributed by atoms with Gasteiger partial charge in [0.05, 0.1) is 18.1 Å². The number of guanidine groups is 1. The van der Waals surface area contributed by atoms with Gasteiger partial charge in [-0.2, -0.15) is 0 Å². The molecule has 0 unspecified atom stereocenters. The highest BCUT2D eigenvalue weighted by molar-refractivity contribution is 9.10. The molecule has 23 heavy (non-hydrogen) atoms. The van der Waals surface area contributed by atoms with Crippen LogP contribution in [-0.4, -0.2) is 22.6 Å². The van der Waals surface area contributed by atoms with Gasteiger partial charge in [-0.25, -0.2) is 9.98 Å². The molecule has 2 heterocycles. The second-order valence-corrected chi connectivity index (χ2v) is 6.11.